The van der Waals surface area contributed by atoms with Crippen LogP contribution < -0.4 is 5.73 Å². The van der Waals surface area contributed by atoms with Crippen molar-refractivity contribution in [1.82, 2.24) is 4.90 Å². The molecule has 1 saturated carbocycles. The largest absolute Gasteiger partial charge is 0.349 e. The Bertz CT molecular complexity index is 180. The van der Waals surface area contributed by atoms with Crippen molar-refractivity contribution >= 4 is 5.91 Å². The summed E-state index contributed by atoms with van der Waals surface area (Å²) in [4.78, 5) is 13.4. The number of carbonyl (C=O) groups excluding carboxylic acids is 1. The molecule has 1 fully saturated rings. The lowest BCUT2D eigenvalue weighted by Crippen LogP contribution is -2.40. The minimum absolute atomic E-state index is 0.0671. The van der Waals surface area contributed by atoms with Crippen LogP contribution in [0.2, 0.25) is 0 Å². The molecule has 13 heavy (non-hydrogen) atoms. The molecule has 0 aliphatic heterocycles. The molecule has 0 aromatic rings. The van der Waals surface area contributed by atoms with Crippen molar-refractivity contribution in [1.29, 1.82) is 0 Å². The van der Waals surface area contributed by atoms with Crippen LogP contribution in [0.25, 0.3) is 0 Å². The molecule has 0 bridgehead atoms. The van der Waals surface area contributed by atoms with Gasteiger partial charge in [-0.15, -0.1) is 0 Å². The molecule has 1 rings (SSSR count). The van der Waals surface area contributed by atoms with E-state index in [0.29, 0.717) is 0 Å². The molecule has 1 amide bonds. The average Bonchev–Trinajstić information content (AvgIpc) is 2.28. The quantitative estimate of drug-likeness (QED) is 0.617. The number of hydrogen-bond donors (Lipinski definition) is 1. The minimum atomic E-state index is 0.0671. The number of rotatable bonds is 1. The zero-order valence-corrected chi connectivity index (χ0v) is 8.62. The summed E-state index contributed by atoms with van der Waals surface area (Å²) in [7, 11) is 3.61. The van der Waals surface area contributed by atoms with Crippen molar-refractivity contribution in [3.8, 4) is 0 Å². The maximum absolute atomic E-state index is 11.7. The first-order valence-corrected chi connectivity index (χ1v) is 5.09. The lowest BCUT2D eigenvalue weighted by atomic mass is 9.94. The number of carbonyl (C=O) groups is 1. The first kappa shape index (κ1) is 10.5. The molecular formula is C10H20N2O. The highest BCUT2D eigenvalue weighted by Gasteiger charge is 2.27. The third-order valence-corrected chi connectivity index (χ3v) is 2.83. The molecule has 0 radical (unpaired) electrons. The minimum Gasteiger partial charge on any atom is -0.349 e. The Morgan fingerprint density at radius 3 is 2.46 bits per heavy atom. The molecule has 2 unspecified atom stereocenters. The van der Waals surface area contributed by atoms with Crippen molar-refractivity contribution in [2.24, 2.45) is 11.7 Å². The van der Waals surface area contributed by atoms with Crippen LogP contribution in [0, 0.1) is 5.92 Å². The van der Waals surface area contributed by atoms with Gasteiger partial charge in [-0.25, -0.2) is 0 Å². The molecular weight excluding hydrogens is 164 g/mol. The van der Waals surface area contributed by atoms with Crippen molar-refractivity contribution < 1.29 is 4.79 Å². The van der Waals surface area contributed by atoms with Gasteiger partial charge >= 0.3 is 0 Å². The summed E-state index contributed by atoms with van der Waals surface area (Å²) in [5.74, 6) is 0.270. The zero-order valence-electron chi connectivity index (χ0n) is 8.62. The lowest BCUT2D eigenvalue weighted by molar-refractivity contribution is -0.133. The first-order valence-electron chi connectivity index (χ1n) is 5.09. The smallest absolute Gasteiger partial charge is 0.226 e. The predicted octanol–water partition coefficient (Wildman–Crippen LogP) is 0.982. The van der Waals surface area contributed by atoms with Crippen LogP contribution in [-0.2, 0) is 4.79 Å². The van der Waals surface area contributed by atoms with Gasteiger partial charge < -0.3 is 10.6 Å². The number of hydrogen-bond acceptors (Lipinski definition) is 2. The van der Waals surface area contributed by atoms with E-state index in [1.54, 1.807) is 19.0 Å². The summed E-state index contributed by atoms with van der Waals surface area (Å²) >= 11 is 0. The highest BCUT2D eigenvalue weighted by molar-refractivity contribution is 5.79. The summed E-state index contributed by atoms with van der Waals surface area (Å²) in [5.41, 5.74) is 5.97. The van der Waals surface area contributed by atoms with Crippen LogP contribution >= 0.6 is 0 Å². The van der Waals surface area contributed by atoms with Crippen molar-refractivity contribution in [2.75, 3.05) is 14.1 Å². The third-order valence-electron chi connectivity index (χ3n) is 2.83. The predicted molar refractivity (Wildman–Crippen MR) is 53.2 cm³/mol. The van der Waals surface area contributed by atoms with Crippen molar-refractivity contribution in [2.45, 2.75) is 38.1 Å². The average molecular weight is 184 g/mol. The Morgan fingerprint density at radius 1 is 1.23 bits per heavy atom. The van der Waals surface area contributed by atoms with Crippen molar-refractivity contribution in [3.63, 3.8) is 0 Å². The van der Waals surface area contributed by atoms with Gasteiger partial charge in [0.05, 0.1) is 5.92 Å². The van der Waals surface area contributed by atoms with Crippen LogP contribution in [0.15, 0.2) is 0 Å². The van der Waals surface area contributed by atoms with Gasteiger partial charge in [0.1, 0.15) is 0 Å². The summed E-state index contributed by atoms with van der Waals surface area (Å²) in [6.07, 6.45) is 5.53. The Kier molecular flexibility index (Phi) is 3.72. The van der Waals surface area contributed by atoms with Crippen LogP contribution in [0.1, 0.15) is 32.1 Å². The molecule has 3 nitrogen and oxygen atoms in total. The second-order valence-electron chi connectivity index (χ2n) is 4.14. The van der Waals surface area contributed by atoms with Gasteiger partial charge in [0.2, 0.25) is 5.91 Å². The molecule has 0 saturated heterocycles. The van der Waals surface area contributed by atoms with E-state index >= 15 is 0 Å². The highest BCUT2D eigenvalue weighted by atomic mass is 16.2. The van der Waals surface area contributed by atoms with Crippen LogP contribution in [-0.4, -0.2) is 30.9 Å². The standard InChI is InChI=1S/C10H20N2O/c1-12(2)10(13)8-6-4-3-5-7-9(8)11/h8-9H,3-7,11H2,1-2H3. The fourth-order valence-electron chi connectivity index (χ4n) is 1.97. The topological polar surface area (TPSA) is 46.3 Å². The summed E-state index contributed by atoms with van der Waals surface area (Å²) in [5, 5.41) is 0. The molecule has 76 valence electrons. The van der Waals surface area contributed by atoms with Crippen LogP contribution in [0.3, 0.4) is 0 Å². The molecule has 0 spiro atoms. The van der Waals surface area contributed by atoms with E-state index in [1.165, 1.54) is 12.8 Å². The van der Waals surface area contributed by atoms with Gasteiger partial charge in [0.15, 0.2) is 0 Å². The molecule has 1 aliphatic carbocycles. The lowest BCUT2D eigenvalue weighted by Gasteiger charge is -2.23. The van der Waals surface area contributed by atoms with Gasteiger partial charge in [-0.3, -0.25) is 4.79 Å². The normalized spacial score (nSPS) is 29.5. The number of amides is 1. The fraction of sp³-hybridized carbons (Fsp3) is 0.900. The van der Waals surface area contributed by atoms with E-state index in [-0.39, 0.29) is 17.9 Å². The second kappa shape index (κ2) is 4.61. The summed E-state index contributed by atoms with van der Waals surface area (Å²) in [6.45, 7) is 0. The molecule has 1 aliphatic rings. The number of nitrogens with zero attached hydrogens (tertiary/aromatic N) is 1. The van der Waals surface area contributed by atoms with Gasteiger partial charge in [0, 0.05) is 20.1 Å². The second-order valence-corrected chi connectivity index (χ2v) is 4.14. The van der Waals surface area contributed by atoms with E-state index in [1.807, 2.05) is 0 Å². The Hall–Kier alpha value is -0.570. The molecule has 0 aromatic carbocycles. The summed E-state index contributed by atoms with van der Waals surface area (Å²) < 4.78 is 0. The monoisotopic (exact) mass is 184 g/mol. The zero-order chi connectivity index (χ0) is 9.84. The molecule has 2 atom stereocenters. The van der Waals surface area contributed by atoms with E-state index in [0.717, 1.165) is 19.3 Å². The first-order chi connectivity index (χ1) is 6.13. The molecule has 0 heterocycles. The Balaban J connectivity index is 2.58. The molecule has 2 N–H and O–H groups in total. The van der Waals surface area contributed by atoms with E-state index in [4.69, 9.17) is 5.73 Å². The summed E-state index contributed by atoms with van der Waals surface area (Å²) in [6, 6.07) is 0.0809. The van der Waals surface area contributed by atoms with E-state index in [2.05, 4.69) is 0 Å². The van der Waals surface area contributed by atoms with Gasteiger partial charge in [0.25, 0.3) is 0 Å². The maximum atomic E-state index is 11.7. The van der Waals surface area contributed by atoms with Crippen molar-refractivity contribution in [3.05, 3.63) is 0 Å². The fourth-order valence-corrected chi connectivity index (χ4v) is 1.97. The Labute approximate surface area is 80.3 Å². The molecule has 3 heteroatoms. The van der Waals surface area contributed by atoms with Crippen LogP contribution in [0.4, 0.5) is 0 Å². The Morgan fingerprint density at radius 2 is 1.85 bits per heavy atom. The maximum Gasteiger partial charge on any atom is 0.226 e. The SMILES string of the molecule is CN(C)C(=O)C1CCCCCC1N. The van der Waals surface area contributed by atoms with E-state index < -0.39 is 0 Å². The highest BCUT2D eigenvalue weighted by Crippen LogP contribution is 2.23. The van der Waals surface area contributed by atoms with Gasteiger partial charge in [-0.2, -0.15) is 0 Å². The molecule has 0 aromatic heterocycles. The van der Waals surface area contributed by atoms with Crippen LogP contribution in [0.5, 0.6) is 0 Å². The number of nitrogens with two attached hydrogens (primary N) is 1. The van der Waals surface area contributed by atoms with Gasteiger partial charge in [-0.1, -0.05) is 19.3 Å². The third kappa shape index (κ3) is 2.69. The van der Waals surface area contributed by atoms with E-state index in [9.17, 15) is 4.79 Å². The van der Waals surface area contributed by atoms with Gasteiger partial charge in [-0.05, 0) is 12.8 Å².